The molecule has 2 saturated heterocycles. The third kappa shape index (κ3) is 6.82. The van der Waals surface area contributed by atoms with Crippen molar-refractivity contribution >= 4 is 11.8 Å². The van der Waals surface area contributed by atoms with Gasteiger partial charge in [0.05, 0.1) is 6.54 Å². The smallest absolute Gasteiger partial charge is 0.253 e. The maximum atomic E-state index is 12.8. The molecule has 2 amide bonds. The molecule has 0 radical (unpaired) electrons. The van der Waals surface area contributed by atoms with Crippen LogP contribution in [0.25, 0.3) is 0 Å². The second-order valence-electron chi connectivity index (χ2n) is 8.31. The van der Waals surface area contributed by atoms with Gasteiger partial charge in [-0.3, -0.25) is 19.4 Å². The van der Waals surface area contributed by atoms with Gasteiger partial charge >= 0.3 is 0 Å². The van der Waals surface area contributed by atoms with Gasteiger partial charge in [0.25, 0.3) is 5.91 Å². The summed E-state index contributed by atoms with van der Waals surface area (Å²) < 4.78 is 0. The molecule has 2 aliphatic heterocycles. The van der Waals surface area contributed by atoms with E-state index in [2.05, 4.69) is 34.2 Å². The van der Waals surface area contributed by atoms with Crippen molar-refractivity contribution in [3.05, 3.63) is 35.4 Å². The number of amides is 2. The van der Waals surface area contributed by atoms with Crippen LogP contribution in [0.2, 0.25) is 0 Å². The van der Waals surface area contributed by atoms with Crippen molar-refractivity contribution in [3.63, 3.8) is 0 Å². The van der Waals surface area contributed by atoms with Crippen LogP contribution in [-0.2, 0) is 11.3 Å². The first kappa shape index (κ1) is 21.8. The topological polar surface area (TPSA) is 55.9 Å². The molecule has 2 aliphatic rings. The molecule has 1 N–H and O–H groups in total. The average Bonchev–Trinajstić information content (AvgIpc) is 2.75. The Balaban J connectivity index is 1.42. The quantitative estimate of drug-likeness (QED) is 0.681. The van der Waals surface area contributed by atoms with Crippen molar-refractivity contribution in [2.24, 2.45) is 0 Å². The van der Waals surface area contributed by atoms with E-state index in [4.69, 9.17) is 0 Å². The molecule has 1 aromatic carbocycles. The van der Waals surface area contributed by atoms with Crippen LogP contribution in [0.1, 0.15) is 54.9 Å². The van der Waals surface area contributed by atoms with Gasteiger partial charge < -0.3 is 10.2 Å². The number of piperazine rings is 1. The van der Waals surface area contributed by atoms with Crippen LogP contribution in [-0.4, -0.2) is 78.9 Å². The largest absolute Gasteiger partial charge is 0.355 e. The molecule has 2 fully saturated rings. The van der Waals surface area contributed by atoms with Crippen LogP contribution < -0.4 is 5.32 Å². The van der Waals surface area contributed by atoms with Gasteiger partial charge in [-0.25, -0.2) is 0 Å². The lowest BCUT2D eigenvalue weighted by Gasteiger charge is -2.34. The van der Waals surface area contributed by atoms with E-state index in [9.17, 15) is 9.59 Å². The van der Waals surface area contributed by atoms with Crippen molar-refractivity contribution in [3.8, 4) is 0 Å². The summed E-state index contributed by atoms with van der Waals surface area (Å²) in [7, 11) is 0. The lowest BCUT2D eigenvalue weighted by Crippen LogP contribution is -2.51. The average molecular weight is 401 g/mol. The van der Waals surface area contributed by atoms with Gasteiger partial charge in [-0.05, 0) is 50.0 Å². The molecule has 6 nitrogen and oxygen atoms in total. The summed E-state index contributed by atoms with van der Waals surface area (Å²) in [6.45, 7) is 9.49. The zero-order valence-corrected chi connectivity index (χ0v) is 17.9. The fourth-order valence-corrected chi connectivity index (χ4v) is 4.08. The van der Waals surface area contributed by atoms with Crippen molar-refractivity contribution in [1.82, 2.24) is 20.0 Å². The highest BCUT2D eigenvalue weighted by Gasteiger charge is 2.23. The van der Waals surface area contributed by atoms with Crippen LogP contribution in [0.15, 0.2) is 24.3 Å². The van der Waals surface area contributed by atoms with Crippen molar-refractivity contribution < 1.29 is 9.59 Å². The minimum Gasteiger partial charge on any atom is -0.355 e. The van der Waals surface area contributed by atoms with Gasteiger partial charge in [0, 0.05) is 44.8 Å². The molecule has 2 heterocycles. The number of nitrogens with one attached hydrogen (secondary N) is 1. The molecule has 3 rings (SSSR count). The molecule has 0 aromatic heterocycles. The number of hydrogen-bond acceptors (Lipinski definition) is 4. The zero-order chi connectivity index (χ0) is 20.5. The third-order valence-electron chi connectivity index (χ3n) is 5.93. The van der Waals surface area contributed by atoms with Gasteiger partial charge in [-0.1, -0.05) is 31.9 Å². The van der Waals surface area contributed by atoms with Crippen molar-refractivity contribution in [1.29, 1.82) is 0 Å². The highest BCUT2D eigenvalue weighted by atomic mass is 16.2. The zero-order valence-electron chi connectivity index (χ0n) is 17.9. The van der Waals surface area contributed by atoms with E-state index in [1.165, 1.54) is 37.9 Å². The molecule has 160 valence electrons. The molecule has 0 aliphatic carbocycles. The molecule has 6 heteroatoms. The van der Waals surface area contributed by atoms with E-state index in [0.717, 1.165) is 44.6 Å². The fraction of sp³-hybridized carbons (Fsp3) is 0.652. The Labute approximate surface area is 175 Å². The summed E-state index contributed by atoms with van der Waals surface area (Å²) in [5.74, 6) is 0.184. The monoisotopic (exact) mass is 400 g/mol. The first-order valence-electron chi connectivity index (χ1n) is 11.3. The summed E-state index contributed by atoms with van der Waals surface area (Å²) >= 11 is 0. The number of rotatable bonds is 8. The second kappa shape index (κ2) is 11.3. The molecule has 0 spiro atoms. The van der Waals surface area contributed by atoms with E-state index < -0.39 is 0 Å². The van der Waals surface area contributed by atoms with Gasteiger partial charge in [0.1, 0.15) is 0 Å². The number of hydrogen-bond donors (Lipinski definition) is 1. The van der Waals surface area contributed by atoms with Crippen molar-refractivity contribution in [2.75, 3.05) is 52.4 Å². The van der Waals surface area contributed by atoms with E-state index in [1.807, 2.05) is 17.0 Å². The fourth-order valence-electron chi connectivity index (χ4n) is 4.08. The van der Waals surface area contributed by atoms with Gasteiger partial charge in [0.15, 0.2) is 0 Å². The summed E-state index contributed by atoms with van der Waals surface area (Å²) in [6.07, 6.45) is 6.04. The normalized spacial score (nSPS) is 18.6. The molecule has 1 aromatic rings. The third-order valence-corrected chi connectivity index (χ3v) is 5.93. The number of nitrogens with zero attached hydrogens (tertiary/aromatic N) is 3. The Bertz CT molecular complexity index is 647. The standard InChI is InChI=1S/C23H36N4O2/c1-2-3-11-24-22(28)19-26-14-16-27(17-15-26)23(29)21-9-7-20(8-10-21)18-25-12-5-4-6-13-25/h7-10H,2-6,11-19H2,1H3,(H,24,28). The van der Waals surface area contributed by atoms with E-state index in [-0.39, 0.29) is 11.8 Å². The number of benzene rings is 1. The van der Waals surface area contributed by atoms with E-state index >= 15 is 0 Å². The minimum atomic E-state index is 0.0857. The lowest BCUT2D eigenvalue weighted by molar-refractivity contribution is -0.122. The minimum absolute atomic E-state index is 0.0857. The number of unbranched alkanes of at least 4 members (excludes halogenated alkanes) is 1. The highest BCUT2D eigenvalue weighted by Crippen LogP contribution is 2.15. The van der Waals surface area contributed by atoms with Crippen LogP contribution in [0.3, 0.4) is 0 Å². The number of carbonyl (C=O) groups excluding carboxylic acids is 2. The predicted molar refractivity (Wildman–Crippen MR) is 116 cm³/mol. The van der Waals surface area contributed by atoms with Gasteiger partial charge in [0.2, 0.25) is 5.91 Å². The predicted octanol–water partition coefficient (Wildman–Crippen LogP) is 2.35. The highest BCUT2D eigenvalue weighted by molar-refractivity contribution is 5.94. The molecule has 0 saturated carbocycles. The Morgan fingerprint density at radius 2 is 1.59 bits per heavy atom. The summed E-state index contributed by atoms with van der Waals surface area (Å²) in [6, 6.07) is 8.13. The number of carbonyl (C=O) groups is 2. The SMILES string of the molecule is CCCCNC(=O)CN1CCN(C(=O)c2ccc(CN3CCCCC3)cc2)CC1. The van der Waals surface area contributed by atoms with Crippen molar-refractivity contribution in [2.45, 2.75) is 45.6 Å². The first-order valence-corrected chi connectivity index (χ1v) is 11.3. The maximum absolute atomic E-state index is 12.8. The number of likely N-dealkylation sites (tertiary alicyclic amines) is 1. The van der Waals surface area contributed by atoms with Gasteiger partial charge in [-0.2, -0.15) is 0 Å². The molecule has 29 heavy (non-hydrogen) atoms. The molecule has 0 atom stereocenters. The summed E-state index contributed by atoms with van der Waals surface area (Å²) in [4.78, 5) is 31.3. The van der Waals surface area contributed by atoms with Gasteiger partial charge in [-0.15, -0.1) is 0 Å². The maximum Gasteiger partial charge on any atom is 0.253 e. The first-order chi connectivity index (χ1) is 14.2. The Hall–Kier alpha value is -1.92. The molecule has 0 bridgehead atoms. The van der Waals surface area contributed by atoms with E-state index in [0.29, 0.717) is 19.6 Å². The Morgan fingerprint density at radius 3 is 2.24 bits per heavy atom. The Morgan fingerprint density at radius 1 is 0.897 bits per heavy atom. The van der Waals surface area contributed by atoms with Crippen LogP contribution in [0.4, 0.5) is 0 Å². The van der Waals surface area contributed by atoms with E-state index in [1.54, 1.807) is 0 Å². The molecular weight excluding hydrogens is 364 g/mol. The summed E-state index contributed by atoms with van der Waals surface area (Å²) in [5, 5.41) is 2.96. The molecule has 0 unspecified atom stereocenters. The molecular formula is C23H36N4O2. The Kier molecular flexibility index (Phi) is 8.50. The second-order valence-corrected chi connectivity index (χ2v) is 8.31. The van der Waals surface area contributed by atoms with Crippen LogP contribution in [0, 0.1) is 0 Å². The lowest BCUT2D eigenvalue weighted by atomic mass is 10.1. The van der Waals surface area contributed by atoms with Crippen LogP contribution >= 0.6 is 0 Å². The van der Waals surface area contributed by atoms with Crippen LogP contribution in [0.5, 0.6) is 0 Å². The summed E-state index contributed by atoms with van der Waals surface area (Å²) in [5.41, 5.74) is 2.04. The number of piperidine rings is 1.